The molecule has 30 heavy (non-hydrogen) atoms. The fourth-order valence-corrected chi connectivity index (χ4v) is 4.05. The van der Waals surface area contributed by atoms with Gasteiger partial charge in [0.2, 0.25) is 0 Å². The van der Waals surface area contributed by atoms with Gasteiger partial charge in [-0.15, -0.1) is 0 Å². The maximum absolute atomic E-state index is 6.68. The number of hydrogen-bond donors (Lipinski definition) is 2. The Labute approximate surface area is 186 Å². The monoisotopic (exact) mass is 430 g/mol. The van der Waals surface area contributed by atoms with Crippen LogP contribution in [0.4, 0.5) is 5.69 Å². The maximum Gasteiger partial charge on any atom is 0.130 e. The zero-order valence-electron chi connectivity index (χ0n) is 18.5. The molecule has 0 saturated carbocycles. The van der Waals surface area contributed by atoms with Gasteiger partial charge >= 0.3 is 0 Å². The summed E-state index contributed by atoms with van der Waals surface area (Å²) in [7, 11) is 4.05. The zero-order chi connectivity index (χ0) is 22.1. The highest BCUT2D eigenvalue weighted by atomic mass is 35.5. The van der Waals surface area contributed by atoms with E-state index < -0.39 is 0 Å². The zero-order valence-corrected chi connectivity index (χ0v) is 19.3. The third-order valence-electron chi connectivity index (χ3n) is 5.07. The highest BCUT2D eigenvalue weighted by Crippen LogP contribution is 2.38. The lowest BCUT2D eigenvalue weighted by Crippen LogP contribution is -2.28. The van der Waals surface area contributed by atoms with Gasteiger partial charge in [-0.2, -0.15) is 0 Å². The van der Waals surface area contributed by atoms with Gasteiger partial charge in [-0.05, 0) is 64.3 Å². The molecule has 1 atom stereocenters. The fraction of sp³-hybridized carbons (Fsp3) is 0.478. The molecule has 0 radical (unpaired) electrons. The molecule has 6 nitrogen and oxygen atoms in total. The third-order valence-corrected chi connectivity index (χ3v) is 5.42. The molecule has 7 heteroatoms. The van der Waals surface area contributed by atoms with Gasteiger partial charge in [-0.25, -0.2) is 4.99 Å². The minimum atomic E-state index is 0.117. The Balaban J connectivity index is 2.39. The summed E-state index contributed by atoms with van der Waals surface area (Å²) in [6.07, 6.45) is 6.38. The molecule has 1 heterocycles. The smallest absolute Gasteiger partial charge is 0.130 e. The summed E-state index contributed by atoms with van der Waals surface area (Å²) in [5.41, 5.74) is 9.42. The van der Waals surface area contributed by atoms with Gasteiger partial charge in [0.15, 0.2) is 0 Å². The molecule has 1 aliphatic heterocycles. The molecular weight excluding hydrogens is 396 g/mol. The quantitative estimate of drug-likeness (QED) is 0.559. The molecule has 0 aliphatic carbocycles. The summed E-state index contributed by atoms with van der Waals surface area (Å²) < 4.78 is 0. The van der Waals surface area contributed by atoms with E-state index in [0.717, 1.165) is 65.9 Å². The van der Waals surface area contributed by atoms with Gasteiger partial charge < -0.3 is 20.9 Å². The average molecular weight is 431 g/mol. The number of halogens is 1. The Hall–Kier alpha value is -2.15. The predicted octanol–water partition coefficient (Wildman–Crippen LogP) is 4.66. The van der Waals surface area contributed by atoms with Crippen molar-refractivity contribution in [3.63, 3.8) is 0 Å². The highest BCUT2D eigenvalue weighted by Gasteiger charge is 2.26. The van der Waals surface area contributed by atoms with E-state index >= 15 is 0 Å². The topological polar surface area (TPSA) is 69.2 Å². The second-order valence-electron chi connectivity index (χ2n) is 7.90. The molecular formula is C23H35ClN6. The average Bonchev–Trinajstić information content (AvgIpc) is 2.93. The van der Waals surface area contributed by atoms with Crippen molar-refractivity contribution in [2.45, 2.75) is 38.6 Å². The maximum atomic E-state index is 6.68. The molecule has 1 saturated heterocycles. The normalized spacial score (nSPS) is 18.3. The Morgan fingerprint density at radius 1 is 1.37 bits per heavy atom. The molecule has 0 spiro atoms. The molecule has 1 fully saturated rings. The van der Waals surface area contributed by atoms with Crippen molar-refractivity contribution in [1.29, 1.82) is 0 Å². The summed E-state index contributed by atoms with van der Waals surface area (Å²) in [6.45, 7) is 11.8. The van der Waals surface area contributed by atoms with E-state index in [1.807, 2.05) is 39.2 Å². The lowest BCUT2D eigenvalue weighted by Gasteiger charge is -2.33. The summed E-state index contributed by atoms with van der Waals surface area (Å²) in [5, 5.41) is 4.16. The van der Waals surface area contributed by atoms with Crippen LogP contribution in [-0.4, -0.2) is 56.1 Å². The van der Waals surface area contributed by atoms with Crippen LogP contribution in [0.15, 0.2) is 52.4 Å². The summed E-state index contributed by atoms with van der Waals surface area (Å²) in [6, 6.07) is 6.20. The molecule has 1 unspecified atom stereocenters. The summed E-state index contributed by atoms with van der Waals surface area (Å²) in [5.74, 6) is 0.808. The number of nitrogens with zero attached hydrogens (tertiary/aromatic N) is 4. The Morgan fingerprint density at radius 3 is 2.80 bits per heavy atom. The lowest BCUT2D eigenvalue weighted by atomic mass is 9.99. The van der Waals surface area contributed by atoms with Crippen molar-refractivity contribution in [2.75, 3.05) is 39.2 Å². The Kier molecular flexibility index (Phi) is 9.56. The van der Waals surface area contributed by atoms with Crippen molar-refractivity contribution in [3.05, 3.63) is 53.0 Å². The third kappa shape index (κ3) is 6.97. The summed E-state index contributed by atoms with van der Waals surface area (Å²) >= 11 is 6.68. The Morgan fingerprint density at radius 2 is 2.13 bits per heavy atom. The van der Waals surface area contributed by atoms with Crippen LogP contribution in [0.25, 0.3) is 0 Å². The van der Waals surface area contributed by atoms with Crippen LogP contribution in [0, 0.1) is 0 Å². The van der Waals surface area contributed by atoms with Gasteiger partial charge in [-0.3, -0.25) is 4.99 Å². The fourth-order valence-electron chi connectivity index (χ4n) is 3.80. The molecule has 1 aromatic rings. The Bertz CT molecular complexity index is 799. The minimum absolute atomic E-state index is 0.117. The van der Waals surface area contributed by atoms with Crippen molar-refractivity contribution >= 4 is 29.7 Å². The number of hydrogen-bond acceptors (Lipinski definition) is 6. The number of nitrogens with one attached hydrogen (secondary N) is 1. The number of likely N-dealkylation sites (N-methyl/N-ethyl adjacent to an activating group) is 1. The predicted molar refractivity (Wildman–Crippen MR) is 130 cm³/mol. The number of benzene rings is 1. The number of rotatable bonds is 9. The van der Waals surface area contributed by atoms with Crippen LogP contribution in [0.5, 0.6) is 0 Å². The van der Waals surface area contributed by atoms with E-state index in [1.54, 1.807) is 0 Å². The first-order chi connectivity index (χ1) is 14.3. The molecule has 2 rings (SSSR count). The van der Waals surface area contributed by atoms with Crippen molar-refractivity contribution in [3.8, 4) is 0 Å². The van der Waals surface area contributed by atoms with E-state index in [-0.39, 0.29) is 12.7 Å². The van der Waals surface area contributed by atoms with Crippen molar-refractivity contribution in [1.82, 2.24) is 9.80 Å². The molecule has 0 amide bonds. The van der Waals surface area contributed by atoms with E-state index in [1.165, 1.54) is 6.42 Å². The highest BCUT2D eigenvalue weighted by molar-refractivity contribution is 6.31. The first kappa shape index (κ1) is 24.1. The van der Waals surface area contributed by atoms with Crippen LogP contribution in [-0.2, 0) is 0 Å². The second kappa shape index (κ2) is 11.9. The van der Waals surface area contributed by atoms with E-state index in [4.69, 9.17) is 17.3 Å². The largest absolute Gasteiger partial charge is 0.358 e. The second-order valence-corrected chi connectivity index (χ2v) is 8.31. The van der Waals surface area contributed by atoms with Crippen LogP contribution in [0.3, 0.4) is 0 Å². The molecule has 164 valence electrons. The van der Waals surface area contributed by atoms with Crippen molar-refractivity contribution in [2.24, 2.45) is 15.7 Å². The van der Waals surface area contributed by atoms with Crippen molar-refractivity contribution < 1.29 is 0 Å². The number of anilines is 1. The molecule has 1 aliphatic rings. The van der Waals surface area contributed by atoms with E-state index in [0.29, 0.717) is 0 Å². The van der Waals surface area contributed by atoms with Crippen LogP contribution < -0.4 is 11.1 Å². The molecule has 0 bridgehead atoms. The van der Waals surface area contributed by atoms with Gasteiger partial charge in [0, 0.05) is 41.3 Å². The number of nitrogens with two attached hydrogens (primary N) is 1. The van der Waals surface area contributed by atoms with Crippen LogP contribution in [0.1, 0.15) is 44.2 Å². The van der Waals surface area contributed by atoms with Gasteiger partial charge in [-0.1, -0.05) is 31.0 Å². The molecule has 3 N–H and O–H groups in total. The molecule has 1 aromatic carbocycles. The van der Waals surface area contributed by atoms with E-state index in [9.17, 15) is 0 Å². The number of aliphatic imine (C=N–C) groups is 2. The van der Waals surface area contributed by atoms with Crippen LogP contribution in [0.2, 0.25) is 5.02 Å². The van der Waals surface area contributed by atoms with Crippen LogP contribution >= 0.6 is 11.6 Å². The number of likely N-dealkylation sites (tertiary alicyclic amines) is 1. The molecule has 0 aromatic heterocycles. The standard InChI is InChI=1S/C23H35ClN6/c1-17(27-16-25)13-23(26-3)30-12-8-6-7-9-22(30)20-14-19(10-11-21(20)24)28-18(2)15-29(4)5/h10-11,13-14,22,28H,2-3,6-9,12,15-16,25H2,1,4-5H3/b23-13+,27-17-. The lowest BCUT2D eigenvalue weighted by molar-refractivity contribution is 0.258. The number of allylic oxidation sites excluding steroid dienone is 1. The van der Waals surface area contributed by atoms with Gasteiger partial charge in [0.1, 0.15) is 5.82 Å². The van der Waals surface area contributed by atoms with Gasteiger partial charge in [0.05, 0.1) is 12.7 Å². The van der Waals surface area contributed by atoms with Gasteiger partial charge in [0.25, 0.3) is 0 Å². The first-order valence-electron chi connectivity index (χ1n) is 10.4. The SMILES string of the molecule is C=N/C(=C\C(C)=N/CN)N1CCCCCC1c1cc(NC(=C)CN(C)C)ccc1Cl. The first-order valence-corrected chi connectivity index (χ1v) is 10.8. The summed E-state index contributed by atoms with van der Waals surface area (Å²) in [4.78, 5) is 13.0. The minimum Gasteiger partial charge on any atom is -0.358 e. The van der Waals surface area contributed by atoms with E-state index in [2.05, 4.69) is 44.5 Å².